The number of carbonyl (C=O) groups is 1. The van der Waals surface area contributed by atoms with Gasteiger partial charge in [-0.25, -0.2) is 4.98 Å². The third-order valence-electron chi connectivity index (χ3n) is 4.52. The van der Waals surface area contributed by atoms with Crippen LogP contribution in [0.4, 0.5) is 11.4 Å². The van der Waals surface area contributed by atoms with Crippen LogP contribution in [0.5, 0.6) is 0 Å². The summed E-state index contributed by atoms with van der Waals surface area (Å²) < 4.78 is 10.9. The van der Waals surface area contributed by atoms with Crippen molar-refractivity contribution in [2.24, 2.45) is 0 Å². The van der Waals surface area contributed by atoms with E-state index in [9.17, 15) is 4.79 Å². The molecule has 0 aliphatic heterocycles. The monoisotopic (exact) mass is 430 g/mol. The fourth-order valence-electron chi connectivity index (χ4n) is 3.15. The lowest BCUT2D eigenvalue weighted by Gasteiger charge is -2.10. The highest BCUT2D eigenvalue weighted by Crippen LogP contribution is 2.33. The van der Waals surface area contributed by atoms with Crippen LogP contribution in [-0.2, 0) is 0 Å². The van der Waals surface area contributed by atoms with E-state index >= 15 is 0 Å². The summed E-state index contributed by atoms with van der Waals surface area (Å²) >= 11 is 12.1. The molecule has 0 bridgehead atoms. The van der Waals surface area contributed by atoms with Crippen LogP contribution in [0.15, 0.2) is 33.2 Å². The molecule has 4 aromatic rings. The van der Waals surface area contributed by atoms with Gasteiger partial charge in [0.15, 0.2) is 0 Å². The molecule has 4 rings (SSSR count). The molecule has 0 unspecified atom stereocenters. The molecule has 3 N–H and O–H groups in total. The molecule has 3 heterocycles. The average Bonchev–Trinajstić information content (AvgIpc) is 3.20. The van der Waals surface area contributed by atoms with E-state index in [0.717, 1.165) is 11.3 Å². The fraction of sp³-hybridized carbons (Fsp3) is 0.150. The number of anilines is 2. The second-order valence-corrected chi connectivity index (χ2v) is 7.45. The Morgan fingerprint density at radius 3 is 2.41 bits per heavy atom. The summed E-state index contributed by atoms with van der Waals surface area (Å²) in [5, 5.41) is 7.76. The van der Waals surface area contributed by atoms with Gasteiger partial charge in [-0.15, -0.1) is 0 Å². The van der Waals surface area contributed by atoms with E-state index in [1.165, 1.54) is 12.1 Å². The van der Waals surface area contributed by atoms with Gasteiger partial charge < -0.3 is 20.0 Å². The lowest BCUT2D eigenvalue weighted by molar-refractivity contribution is 0.102. The standard InChI is InChI=1S/C20H16Cl2N4O3/c1-8-4-12(10(3)28-8)16-7-13(17-9(2)26-29-20(17)25-16)19(27)24-11-5-14(21)18(23)15(22)6-11/h4-7H,23H2,1-3H3,(H,24,27). The van der Waals surface area contributed by atoms with Crippen LogP contribution >= 0.6 is 23.2 Å². The van der Waals surface area contributed by atoms with Crippen molar-refractivity contribution in [2.75, 3.05) is 11.1 Å². The smallest absolute Gasteiger partial charge is 0.259 e. The number of hydrogen-bond donors (Lipinski definition) is 2. The fourth-order valence-corrected chi connectivity index (χ4v) is 3.64. The normalized spacial score (nSPS) is 11.2. The number of aryl methyl sites for hydroxylation is 3. The minimum absolute atomic E-state index is 0.249. The molecule has 0 aliphatic rings. The van der Waals surface area contributed by atoms with E-state index in [-0.39, 0.29) is 27.4 Å². The highest BCUT2D eigenvalue weighted by Gasteiger charge is 2.21. The van der Waals surface area contributed by atoms with E-state index in [2.05, 4.69) is 15.5 Å². The molecule has 0 aliphatic carbocycles. The van der Waals surface area contributed by atoms with Crippen LogP contribution in [0.25, 0.3) is 22.4 Å². The summed E-state index contributed by atoms with van der Waals surface area (Å²) in [6.45, 7) is 5.42. The molecule has 0 fully saturated rings. The van der Waals surface area contributed by atoms with Crippen molar-refractivity contribution in [3.05, 3.63) is 57.1 Å². The zero-order valence-corrected chi connectivity index (χ0v) is 17.3. The Morgan fingerprint density at radius 1 is 1.10 bits per heavy atom. The first-order valence-electron chi connectivity index (χ1n) is 8.65. The molecular weight excluding hydrogens is 415 g/mol. The van der Waals surface area contributed by atoms with Crippen molar-refractivity contribution >= 4 is 51.6 Å². The van der Waals surface area contributed by atoms with E-state index < -0.39 is 0 Å². The van der Waals surface area contributed by atoms with Crippen LogP contribution in [0.3, 0.4) is 0 Å². The van der Waals surface area contributed by atoms with Gasteiger partial charge >= 0.3 is 0 Å². The SMILES string of the molecule is Cc1cc(-c2cc(C(=O)Nc3cc(Cl)c(N)c(Cl)c3)c3c(C)noc3n2)c(C)o1. The van der Waals surface area contributed by atoms with E-state index in [1.54, 1.807) is 13.0 Å². The molecule has 3 aromatic heterocycles. The van der Waals surface area contributed by atoms with Gasteiger partial charge in [-0.2, -0.15) is 0 Å². The average molecular weight is 431 g/mol. The van der Waals surface area contributed by atoms with Crippen molar-refractivity contribution in [3.63, 3.8) is 0 Å². The van der Waals surface area contributed by atoms with Crippen LogP contribution in [0, 0.1) is 20.8 Å². The second-order valence-electron chi connectivity index (χ2n) is 6.64. The summed E-state index contributed by atoms with van der Waals surface area (Å²) in [7, 11) is 0. The number of nitrogen functional groups attached to an aromatic ring is 1. The van der Waals surface area contributed by atoms with Gasteiger partial charge in [0.2, 0.25) is 0 Å². The van der Waals surface area contributed by atoms with Crippen molar-refractivity contribution in [2.45, 2.75) is 20.8 Å². The molecule has 0 saturated carbocycles. The van der Waals surface area contributed by atoms with Crippen molar-refractivity contribution in [1.29, 1.82) is 0 Å². The maximum Gasteiger partial charge on any atom is 0.259 e. The summed E-state index contributed by atoms with van der Waals surface area (Å²) in [6.07, 6.45) is 0. The van der Waals surface area contributed by atoms with Crippen molar-refractivity contribution in [3.8, 4) is 11.3 Å². The van der Waals surface area contributed by atoms with Crippen LogP contribution < -0.4 is 11.1 Å². The van der Waals surface area contributed by atoms with Crippen LogP contribution in [0.1, 0.15) is 27.6 Å². The molecule has 1 aromatic carbocycles. The third kappa shape index (κ3) is 3.43. The summed E-state index contributed by atoms with van der Waals surface area (Å²) in [6, 6.07) is 6.60. The topological polar surface area (TPSA) is 107 Å². The summed E-state index contributed by atoms with van der Waals surface area (Å²) in [4.78, 5) is 17.6. The number of nitrogens with zero attached hydrogens (tertiary/aromatic N) is 2. The van der Waals surface area contributed by atoms with Gasteiger partial charge in [0.25, 0.3) is 11.6 Å². The number of aromatic nitrogens is 2. The molecule has 148 valence electrons. The van der Waals surface area contributed by atoms with Crippen LogP contribution in [-0.4, -0.2) is 16.0 Å². The Bertz CT molecular complexity index is 1250. The molecule has 0 spiro atoms. The predicted molar refractivity (Wildman–Crippen MR) is 113 cm³/mol. The Hall–Kier alpha value is -3.03. The molecule has 9 heteroatoms. The zero-order chi connectivity index (χ0) is 20.9. The molecule has 1 amide bonds. The number of carbonyl (C=O) groups excluding carboxylic acids is 1. The van der Waals surface area contributed by atoms with Gasteiger partial charge in [0, 0.05) is 11.3 Å². The molecular formula is C20H16Cl2N4O3. The minimum Gasteiger partial charge on any atom is -0.466 e. The number of nitrogens with one attached hydrogen (secondary N) is 1. The van der Waals surface area contributed by atoms with Gasteiger partial charge in [0.05, 0.1) is 38.1 Å². The van der Waals surface area contributed by atoms with Gasteiger partial charge in [-0.1, -0.05) is 28.4 Å². The van der Waals surface area contributed by atoms with Gasteiger partial charge in [-0.3, -0.25) is 4.79 Å². The summed E-state index contributed by atoms with van der Waals surface area (Å²) in [5.74, 6) is 1.04. The molecule has 29 heavy (non-hydrogen) atoms. The van der Waals surface area contributed by atoms with Gasteiger partial charge in [0.1, 0.15) is 11.5 Å². The Morgan fingerprint density at radius 2 is 1.79 bits per heavy atom. The first-order chi connectivity index (χ1) is 13.7. The second kappa shape index (κ2) is 7.09. The number of furan rings is 1. The number of fused-ring (bicyclic) bond motifs is 1. The highest BCUT2D eigenvalue weighted by atomic mass is 35.5. The van der Waals surface area contributed by atoms with Crippen molar-refractivity contribution in [1.82, 2.24) is 10.1 Å². The Labute approximate surface area is 175 Å². The molecule has 7 nitrogen and oxygen atoms in total. The largest absolute Gasteiger partial charge is 0.466 e. The Kier molecular flexibility index (Phi) is 4.72. The van der Waals surface area contributed by atoms with Gasteiger partial charge in [-0.05, 0) is 45.0 Å². The number of pyridine rings is 1. The Balaban J connectivity index is 1.82. The predicted octanol–water partition coefficient (Wildman–Crippen LogP) is 5.55. The number of rotatable bonds is 3. The molecule has 0 atom stereocenters. The maximum absolute atomic E-state index is 13.1. The lowest BCUT2D eigenvalue weighted by Crippen LogP contribution is -2.13. The first kappa shape index (κ1) is 19.3. The number of nitrogens with two attached hydrogens (primary N) is 1. The lowest BCUT2D eigenvalue weighted by atomic mass is 10.1. The zero-order valence-electron chi connectivity index (χ0n) is 15.8. The van der Waals surface area contributed by atoms with Crippen LogP contribution in [0.2, 0.25) is 10.0 Å². The third-order valence-corrected chi connectivity index (χ3v) is 5.14. The minimum atomic E-state index is -0.389. The quantitative estimate of drug-likeness (QED) is 0.412. The molecule has 0 radical (unpaired) electrons. The number of benzene rings is 1. The maximum atomic E-state index is 13.1. The van der Waals surface area contributed by atoms with E-state index in [0.29, 0.717) is 33.8 Å². The first-order valence-corrected chi connectivity index (χ1v) is 9.40. The number of halogens is 2. The van der Waals surface area contributed by atoms with Crippen molar-refractivity contribution < 1.29 is 13.7 Å². The molecule has 0 saturated heterocycles. The summed E-state index contributed by atoms with van der Waals surface area (Å²) in [5.41, 5.74) is 8.90. The highest BCUT2D eigenvalue weighted by molar-refractivity contribution is 6.39. The van der Waals surface area contributed by atoms with E-state index in [4.69, 9.17) is 37.9 Å². The van der Waals surface area contributed by atoms with E-state index in [1.807, 2.05) is 19.9 Å². The number of hydrogen-bond acceptors (Lipinski definition) is 6. The number of amides is 1.